The lowest BCUT2D eigenvalue weighted by atomic mass is 9.98. The van der Waals surface area contributed by atoms with Crippen LogP contribution in [-0.2, 0) is 83.5 Å². The van der Waals surface area contributed by atoms with E-state index in [9.17, 15) is 62.9 Å². The van der Waals surface area contributed by atoms with Crippen molar-refractivity contribution in [3.63, 3.8) is 0 Å². The third-order valence-electron chi connectivity index (χ3n) is 20.1. The Hall–Kier alpha value is -10.9. The van der Waals surface area contributed by atoms with Gasteiger partial charge in [-0.05, 0) is 236 Å². The molecule has 3 aliphatic rings. The first kappa shape index (κ1) is 85.5. The van der Waals surface area contributed by atoms with Crippen molar-refractivity contribution in [2.24, 2.45) is 0 Å². The molecule has 0 unspecified atom stereocenters. The number of carbonyl (C=O) groups is 3. The quantitative estimate of drug-likeness (QED) is 0.0115. The van der Waals surface area contributed by atoms with Crippen LogP contribution in [0.15, 0.2) is 233 Å². The average molecular weight is 1620 g/mol. The van der Waals surface area contributed by atoms with E-state index in [2.05, 4.69) is 18.2 Å². The number of nitro benzene ring substituents is 1. The maximum absolute atomic E-state index is 13.3. The van der Waals surface area contributed by atoms with Crippen LogP contribution in [0.2, 0.25) is 0 Å². The van der Waals surface area contributed by atoms with Crippen molar-refractivity contribution in [1.29, 1.82) is 5.26 Å². The van der Waals surface area contributed by atoms with Gasteiger partial charge in [0, 0.05) is 51.8 Å². The number of hydrogen-bond acceptors (Lipinski definition) is 21. The van der Waals surface area contributed by atoms with Crippen LogP contribution in [0.5, 0.6) is 17.2 Å². The summed E-state index contributed by atoms with van der Waals surface area (Å²) in [5.74, 6) is -1.40. The number of benzene rings is 9. The number of amides is 3. The minimum Gasteiger partial charge on any atom is -0.494 e. The topological polar surface area (TPSA) is 373 Å². The summed E-state index contributed by atoms with van der Waals surface area (Å²) in [6, 6.07) is 62.4. The SMILES string of the molecule is N#Cc1ccc(-c2cccc(CCCOc3ccc(S(=O)(=O)C4(C(=O)NO)CCOCC4)cc3)c2)cc1.O=C(NO)C1(S(=O)(=O)c2ccc(OCCCc3cccc(-c4ccc(C(F)(F)F)cc4)c3)cc2)CCOCC1.O=C(NO)C1(S(=O)(=O)c2ccc(OCCCc3cccc(-c4ccc([N+](=O)[O-])cc4)c3)cc2)CCOCC1. The van der Waals surface area contributed by atoms with Gasteiger partial charge in [-0.25, -0.2) is 41.7 Å². The highest BCUT2D eigenvalue weighted by molar-refractivity contribution is 7.94. The normalized spacial score (nSPS) is 15.1. The van der Waals surface area contributed by atoms with Gasteiger partial charge in [-0.1, -0.05) is 97.1 Å². The van der Waals surface area contributed by atoms with Gasteiger partial charge in [-0.3, -0.25) is 40.1 Å². The Balaban J connectivity index is 0.000000181. The predicted molar refractivity (Wildman–Crippen MR) is 412 cm³/mol. The van der Waals surface area contributed by atoms with Crippen LogP contribution >= 0.6 is 0 Å². The van der Waals surface area contributed by atoms with Crippen LogP contribution in [0.4, 0.5) is 18.9 Å². The summed E-state index contributed by atoms with van der Waals surface area (Å²) in [6.45, 7) is 1.81. The number of carbonyl (C=O) groups excluding carboxylic acids is 3. The zero-order valence-electron chi connectivity index (χ0n) is 61.7. The number of alkyl halides is 3. The van der Waals surface area contributed by atoms with E-state index in [1.807, 2.05) is 72.8 Å². The van der Waals surface area contributed by atoms with E-state index in [4.69, 9.17) is 49.3 Å². The van der Waals surface area contributed by atoms with Gasteiger partial charge in [0.1, 0.15) is 17.2 Å². The van der Waals surface area contributed by atoms with E-state index in [1.54, 1.807) is 48.5 Å². The number of nitrogens with zero attached hydrogens (tertiary/aromatic N) is 2. The first-order valence-electron chi connectivity index (χ1n) is 36.4. The second-order valence-electron chi connectivity index (χ2n) is 27.1. The summed E-state index contributed by atoms with van der Waals surface area (Å²) in [5.41, 5.74) is 13.2. The van der Waals surface area contributed by atoms with Crippen molar-refractivity contribution in [2.45, 2.75) is 112 Å². The molecule has 114 heavy (non-hydrogen) atoms. The Morgan fingerprint density at radius 1 is 0.430 bits per heavy atom. The number of nitrogens with one attached hydrogen (secondary N) is 3. The highest BCUT2D eigenvalue weighted by Crippen LogP contribution is 2.40. The minimum atomic E-state index is -4.38. The number of sulfone groups is 3. The summed E-state index contributed by atoms with van der Waals surface area (Å²) in [7, 11) is -12.3. The van der Waals surface area contributed by atoms with Crippen LogP contribution in [0.1, 0.15) is 85.6 Å². The lowest BCUT2D eigenvalue weighted by molar-refractivity contribution is -0.384. The van der Waals surface area contributed by atoms with Gasteiger partial charge in [0.15, 0.2) is 43.8 Å². The molecule has 25 nitrogen and oxygen atoms in total. The fourth-order valence-corrected chi connectivity index (χ4v) is 19.4. The maximum Gasteiger partial charge on any atom is 0.416 e. The molecule has 3 saturated heterocycles. The number of nitro groups is 1. The van der Waals surface area contributed by atoms with E-state index in [0.29, 0.717) is 67.5 Å². The predicted octanol–water partition coefficient (Wildman–Crippen LogP) is 13.4. The van der Waals surface area contributed by atoms with Gasteiger partial charge in [-0.2, -0.15) is 18.4 Å². The molecule has 3 fully saturated rings. The highest BCUT2D eigenvalue weighted by Gasteiger charge is 2.55. The zero-order valence-corrected chi connectivity index (χ0v) is 64.1. The minimum absolute atomic E-state index is 0.00929. The number of halogens is 3. The molecule has 12 rings (SSSR count). The van der Waals surface area contributed by atoms with E-state index in [0.717, 1.165) is 75.9 Å². The fraction of sp³-hybridized carbons (Fsp3) is 0.301. The number of hydroxylamine groups is 3. The fourth-order valence-electron chi connectivity index (χ4n) is 13.6. The Morgan fingerprint density at radius 2 is 0.711 bits per heavy atom. The number of non-ortho nitro benzene ring substituents is 1. The monoisotopic (exact) mass is 1620 g/mol. The molecule has 31 heteroatoms. The third-order valence-corrected chi connectivity index (χ3v) is 27.7. The number of nitriles is 1. The average Bonchev–Trinajstić information content (AvgIpc) is 0.758. The molecule has 600 valence electrons. The van der Waals surface area contributed by atoms with Crippen LogP contribution < -0.4 is 30.7 Å². The van der Waals surface area contributed by atoms with E-state index < -0.39 is 78.1 Å². The van der Waals surface area contributed by atoms with Crippen molar-refractivity contribution in [3.05, 3.63) is 256 Å². The van der Waals surface area contributed by atoms with Crippen molar-refractivity contribution in [3.8, 4) is 56.7 Å². The van der Waals surface area contributed by atoms with Crippen LogP contribution in [0, 0.1) is 21.4 Å². The summed E-state index contributed by atoms with van der Waals surface area (Å²) < 4.78 is 146. The molecule has 0 aromatic heterocycles. The van der Waals surface area contributed by atoms with Crippen LogP contribution in [-0.4, -0.2) is 137 Å². The van der Waals surface area contributed by atoms with Crippen molar-refractivity contribution in [1.82, 2.24) is 16.4 Å². The lowest BCUT2D eigenvalue weighted by Crippen LogP contribution is -2.54. The van der Waals surface area contributed by atoms with Gasteiger partial charge in [0.05, 0.1) is 56.6 Å². The summed E-state index contributed by atoms with van der Waals surface area (Å²) in [4.78, 5) is 47.4. The van der Waals surface area contributed by atoms with E-state index >= 15 is 0 Å². The van der Waals surface area contributed by atoms with Crippen molar-refractivity contribution < 1.29 is 102 Å². The van der Waals surface area contributed by atoms with E-state index in [-0.39, 0.29) is 98.5 Å². The van der Waals surface area contributed by atoms with Crippen molar-refractivity contribution in [2.75, 3.05) is 59.5 Å². The van der Waals surface area contributed by atoms with Crippen LogP contribution in [0.25, 0.3) is 33.4 Å². The summed E-state index contributed by atoms with van der Waals surface area (Å²) >= 11 is 0. The molecule has 9 aromatic rings. The smallest absolute Gasteiger partial charge is 0.416 e. The molecule has 3 heterocycles. The molecular formula is C83H84F3N5O20S3. The van der Waals surface area contributed by atoms with Gasteiger partial charge in [-0.15, -0.1) is 0 Å². The largest absolute Gasteiger partial charge is 0.494 e. The van der Waals surface area contributed by atoms with Crippen molar-refractivity contribution >= 4 is 52.9 Å². The molecule has 3 amide bonds. The Bertz CT molecular complexity index is 5180. The molecule has 0 atom stereocenters. The Kier molecular flexibility index (Phi) is 29.1. The molecule has 0 spiro atoms. The first-order valence-corrected chi connectivity index (χ1v) is 40.9. The number of aryl methyl sites for hydroxylation is 3. The molecule has 6 N–H and O–H groups in total. The van der Waals surface area contributed by atoms with Gasteiger partial charge >= 0.3 is 6.18 Å². The second-order valence-corrected chi connectivity index (χ2v) is 33.9. The Labute approximate surface area is 657 Å². The van der Waals surface area contributed by atoms with Gasteiger partial charge in [0.25, 0.3) is 23.4 Å². The molecule has 0 bridgehead atoms. The maximum atomic E-state index is 13.3. The standard InChI is InChI=1S/C28H28F3NO6S.C28H28N2O6S.C27H28N2O8S/c29-28(30,31)23-8-6-21(7-9-23)22-5-1-3-20(19-22)4-2-16-38-24-10-12-25(13-11-24)39(35,36)27(26(33)32-34)14-17-37-18-15-27;29-20-22-6-8-23(9-7-22)24-5-1-3-21(19-24)4-2-16-36-25-10-12-26(13-11-25)37(33,34)28(27(31)30-32)14-17-35-18-15-28;30-26(28-31)27(14-17-36-18-15-27)38(34,35)25-12-10-24(11-13-25)37-16-2-4-20-3-1-5-22(19-20)21-6-8-23(9-7-21)29(32)33/h1,3,5-13,19,34H,2,4,14-18H2,(H,32,33);1,3,5-13,19,32H,2,4,14-18H2,(H,30,31);1,3,5-13,19,31H,2,4,14-18H2,(H,28,30). The van der Waals surface area contributed by atoms with E-state index in [1.165, 1.54) is 89.2 Å². The van der Waals surface area contributed by atoms with Crippen LogP contribution in [0.3, 0.4) is 0 Å². The lowest BCUT2D eigenvalue weighted by Gasteiger charge is -2.34. The molecular weight excluding hydrogens is 1540 g/mol. The molecule has 0 aliphatic carbocycles. The Morgan fingerprint density at radius 3 is 0.974 bits per heavy atom. The van der Waals surface area contributed by atoms with Gasteiger partial charge in [0.2, 0.25) is 0 Å². The molecule has 9 aromatic carbocycles. The summed E-state index contributed by atoms with van der Waals surface area (Å²) in [6.07, 6.45) is -0.349. The van der Waals surface area contributed by atoms with Gasteiger partial charge < -0.3 is 28.4 Å². The highest BCUT2D eigenvalue weighted by atomic mass is 32.2. The first-order chi connectivity index (χ1) is 54.7. The third kappa shape index (κ3) is 20.3. The number of rotatable bonds is 28. The number of ether oxygens (including phenoxy) is 6. The molecule has 0 saturated carbocycles. The molecule has 3 aliphatic heterocycles. The zero-order chi connectivity index (χ0) is 81.6. The number of hydrogen-bond donors (Lipinski definition) is 6. The molecule has 0 radical (unpaired) electrons. The summed E-state index contributed by atoms with van der Waals surface area (Å²) in [5, 5.41) is 47.3. The second kappa shape index (κ2) is 38.7.